The van der Waals surface area contributed by atoms with Crippen LogP contribution < -0.4 is 5.32 Å². The van der Waals surface area contributed by atoms with Crippen molar-refractivity contribution in [2.75, 3.05) is 39.4 Å². The van der Waals surface area contributed by atoms with Gasteiger partial charge < -0.3 is 10.1 Å². The SMILES string of the molecule is Cl.Clc1ccc(CC(NCCN2CCOCC2)c2ccc(Cl)cc2)cc1. The van der Waals surface area contributed by atoms with Crippen LogP contribution in [-0.2, 0) is 11.2 Å². The third kappa shape index (κ3) is 6.73. The lowest BCUT2D eigenvalue weighted by Gasteiger charge is -2.28. The number of ether oxygens (including phenoxy) is 1. The van der Waals surface area contributed by atoms with Crippen LogP contribution >= 0.6 is 35.6 Å². The van der Waals surface area contributed by atoms with Gasteiger partial charge in [-0.25, -0.2) is 0 Å². The van der Waals surface area contributed by atoms with Crippen LogP contribution in [0.15, 0.2) is 48.5 Å². The normalized spacial score (nSPS) is 16.1. The predicted molar refractivity (Wildman–Crippen MR) is 112 cm³/mol. The molecule has 0 radical (unpaired) electrons. The minimum absolute atomic E-state index is 0. The number of hydrogen-bond donors (Lipinski definition) is 1. The molecule has 2 aromatic rings. The van der Waals surface area contributed by atoms with E-state index in [2.05, 4.69) is 34.5 Å². The molecule has 2 aromatic carbocycles. The summed E-state index contributed by atoms with van der Waals surface area (Å²) in [5.41, 5.74) is 2.52. The van der Waals surface area contributed by atoms with Crippen LogP contribution in [0.3, 0.4) is 0 Å². The molecule has 142 valence electrons. The van der Waals surface area contributed by atoms with E-state index in [0.29, 0.717) is 0 Å². The molecule has 1 unspecified atom stereocenters. The summed E-state index contributed by atoms with van der Waals surface area (Å²) in [6.07, 6.45) is 0.919. The second-order valence-corrected chi connectivity index (χ2v) is 7.22. The van der Waals surface area contributed by atoms with Gasteiger partial charge in [0, 0.05) is 42.3 Å². The lowest BCUT2D eigenvalue weighted by molar-refractivity contribution is 0.0381. The zero-order chi connectivity index (χ0) is 17.5. The molecule has 0 spiro atoms. The fourth-order valence-corrected chi connectivity index (χ4v) is 3.33. The Hall–Kier alpha value is -0.810. The highest BCUT2D eigenvalue weighted by molar-refractivity contribution is 6.30. The monoisotopic (exact) mass is 414 g/mol. The van der Waals surface area contributed by atoms with Gasteiger partial charge in [-0.3, -0.25) is 4.90 Å². The minimum Gasteiger partial charge on any atom is -0.379 e. The standard InChI is InChI=1S/C20H24Cl2N2O.ClH/c21-18-5-1-16(2-6-18)15-20(17-3-7-19(22)8-4-17)23-9-10-24-11-13-25-14-12-24;/h1-8,20,23H,9-15H2;1H. The molecular formula is C20H25Cl3N2O. The van der Waals surface area contributed by atoms with Crippen LogP contribution in [0.1, 0.15) is 17.2 Å². The summed E-state index contributed by atoms with van der Waals surface area (Å²) in [5.74, 6) is 0. The second kappa shape index (κ2) is 11.1. The van der Waals surface area contributed by atoms with Gasteiger partial charge in [-0.2, -0.15) is 0 Å². The molecule has 3 rings (SSSR count). The Balaban J connectivity index is 0.00000243. The third-order valence-electron chi connectivity index (χ3n) is 4.55. The maximum atomic E-state index is 6.05. The summed E-state index contributed by atoms with van der Waals surface area (Å²) in [6, 6.07) is 16.4. The fraction of sp³-hybridized carbons (Fsp3) is 0.400. The van der Waals surface area contributed by atoms with E-state index in [9.17, 15) is 0 Å². The summed E-state index contributed by atoms with van der Waals surface area (Å²) >= 11 is 12.1. The van der Waals surface area contributed by atoms with E-state index in [0.717, 1.165) is 55.9 Å². The van der Waals surface area contributed by atoms with Gasteiger partial charge >= 0.3 is 0 Å². The molecular weight excluding hydrogens is 391 g/mol. The van der Waals surface area contributed by atoms with E-state index in [1.54, 1.807) is 0 Å². The quantitative estimate of drug-likeness (QED) is 0.714. The lowest BCUT2D eigenvalue weighted by Crippen LogP contribution is -2.41. The largest absolute Gasteiger partial charge is 0.379 e. The fourth-order valence-electron chi connectivity index (χ4n) is 3.08. The summed E-state index contributed by atoms with van der Waals surface area (Å²) in [4.78, 5) is 2.44. The number of rotatable bonds is 7. The molecule has 0 bridgehead atoms. The van der Waals surface area contributed by atoms with Gasteiger partial charge in [-0.05, 0) is 41.8 Å². The van der Waals surface area contributed by atoms with Crippen molar-refractivity contribution in [1.29, 1.82) is 0 Å². The topological polar surface area (TPSA) is 24.5 Å². The summed E-state index contributed by atoms with van der Waals surface area (Å²) in [7, 11) is 0. The lowest BCUT2D eigenvalue weighted by atomic mass is 9.99. The zero-order valence-electron chi connectivity index (χ0n) is 14.7. The van der Waals surface area contributed by atoms with Crippen LogP contribution in [0, 0.1) is 0 Å². The van der Waals surface area contributed by atoms with E-state index < -0.39 is 0 Å². The van der Waals surface area contributed by atoms with Crippen molar-refractivity contribution >= 4 is 35.6 Å². The molecule has 1 N–H and O–H groups in total. The van der Waals surface area contributed by atoms with Crippen LogP contribution in [0.2, 0.25) is 10.0 Å². The highest BCUT2D eigenvalue weighted by Gasteiger charge is 2.14. The molecule has 1 saturated heterocycles. The van der Waals surface area contributed by atoms with Gasteiger partial charge in [0.15, 0.2) is 0 Å². The maximum Gasteiger partial charge on any atom is 0.0594 e. The Bertz CT molecular complexity index is 643. The highest BCUT2D eigenvalue weighted by Crippen LogP contribution is 2.21. The van der Waals surface area contributed by atoms with Crippen LogP contribution in [0.25, 0.3) is 0 Å². The van der Waals surface area contributed by atoms with E-state index in [1.807, 2.05) is 24.3 Å². The van der Waals surface area contributed by atoms with Crippen LogP contribution in [0.5, 0.6) is 0 Å². The summed E-state index contributed by atoms with van der Waals surface area (Å²) < 4.78 is 5.41. The Labute approximate surface area is 172 Å². The molecule has 1 aliphatic rings. The average molecular weight is 416 g/mol. The Kier molecular flexibility index (Phi) is 9.20. The van der Waals surface area contributed by atoms with E-state index >= 15 is 0 Å². The van der Waals surface area contributed by atoms with E-state index in [-0.39, 0.29) is 18.4 Å². The first-order chi connectivity index (χ1) is 12.2. The molecule has 0 aromatic heterocycles. The Morgan fingerprint density at radius 2 is 1.50 bits per heavy atom. The number of benzene rings is 2. The predicted octanol–water partition coefficient (Wildman–Crippen LogP) is 4.62. The average Bonchev–Trinajstić information content (AvgIpc) is 2.64. The molecule has 0 amide bonds. The van der Waals surface area contributed by atoms with Crippen molar-refractivity contribution < 1.29 is 4.74 Å². The van der Waals surface area contributed by atoms with Crippen molar-refractivity contribution in [1.82, 2.24) is 10.2 Å². The van der Waals surface area contributed by atoms with Crippen LogP contribution in [0.4, 0.5) is 0 Å². The summed E-state index contributed by atoms with van der Waals surface area (Å²) in [6.45, 7) is 5.70. The number of nitrogens with zero attached hydrogens (tertiary/aromatic N) is 1. The number of nitrogens with one attached hydrogen (secondary N) is 1. The van der Waals surface area contributed by atoms with Gasteiger partial charge in [-0.15, -0.1) is 12.4 Å². The molecule has 26 heavy (non-hydrogen) atoms. The zero-order valence-corrected chi connectivity index (χ0v) is 17.0. The highest BCUT2D eigenvalue weighted by atomic mass is 35.5. The van der Waals surface area contributed by atoms with Gasteiger partial charge in [0.25, 0.3) is 0 Å². The molecule has 1 atom stereocenters. The summed E-state index contributed by atoms with van der Waals surface area (Å²) in [5, 5.41) is 5.24. The maximum absolute atomic E-state index is 6.05. The molecule has 1 heterocycles. The second-order valence-electron chi connectivity index (χ2n) is 6.34. The number of halogens is 3. The first-order valence-electron chi connectivity index (χ1n) is 8.74. The number of hydrogen-bond acceptors (Lipinski definition) is 3. The van der Waals surface area contributed by atoms with Gasteiger partial charge in [0.1, 0.15) is 0 Å². The molecule has 6 heteroatoms. The van der Waals surface area contributed by atoms with Crippen molar-refractivity contribution in [2.24, 2.45) is 0 Å². The molecule has 3 nitrogen and oxygen atoms in total. The van der Waals surface area contributed by atoms with Crippen molar-refractivity contribution in [2.45, 2.75) is 12.5 Å². The van der Waals surface area contributed by atoms with Gasteiger partial charge in [0.05, 0.1) is 13.2 Å². The smallest absolute Gasteiger partial charge is 0.0594 e. The van der Waals surface area contributed by atoms with Crippen LogP contribution in [-0.4, -0.2) is 44.3 Å². The van der Waals surface area contributed by atoms with E-state index in [1.165, 1.54) is 11.1 Å². The molecule has 0 aliphatic carbocycles. The minimum atomic E-state index is 0. The van der Waals surface area contributed by atoms with Crippen molar-refractivity contribution in [3.05, 3.63) is 69.7 Å². The molecule has 1 fully saturated rings. The number of morpholine rings is 1. The van der Waals surface area contributed by atoms with Gasteiger partial charge in [-0.1, -0.05) is 47.5 Å². The Morgan fingerprint density at radius 3 is 2.12 bits per heavy atom. The first-order valence-corrected chi connectivity index (χ1v) is 9.50. The van der Waals surface area contributed by atoms with Gasteiger partial charge in [0.2, 0.25) is 0 Å². The van der Waals surface area contributed by atoms with Crippen molar-refractivity contribution in [3.63, 3.8) is 0 Å². The van der Waals surface area contributed by atoms with Crippen molar-refractivity contribution in [3.8, 4) is 0 Å². The molecule has 0 saturated carbocycles. The van der Waals surface area contributed by atoms with E-state index in [4.69, 9.17) is 27.9 Å². The third-order valence-corrected chi connectivity index (χ3v) is 5.05. The molecule has 1 aliphatic heterocycles. The Morgan fingerprint density at radius 1 is 0.923 bits per heavy atom. The first kappa shape index (κ1) is 21.5.